The van der Waals surface area contributed by atoms with Gasteiger partial charge in [-0.15, -0.1) is 5.10 Å². The molecule has 4 rings (SSSR count). The van der Waals surface area contributed by atoms with Crippen molar-refractivity contribution in [2.24, 2.45) is 5.41 Å². The smallest absolute Gasteiger partial charge is 0.223 e. The first-order valence-corrected chi connectivity index (χ1v) is 10.9. The zero-order chi connectivity index (χ0) is 21.0. The van der Waals surface area contributed by atoms with Gasteiger partial charge >= 0.3 is 0 Å². The van der Waals surface area contributed by atoms with Crippen molar-refractivity contribution < 1.29 is 14.3 Å². The summed E-state index contributed by atoms with van der Waals surface area (Å²) in [5, 5.41) is 11.6. The molecule has 1 aromatic heterocycles. The van der Waals surface area contributed by atoms with Crippen LogP contribution in [0, 0.1) is 5.41 Å². The Hall–Kier alpha value is -2.64. The molecule has 0 spiro atoms. The van der Waals surface area contributed by atoms with Crippen LogP contribution < -0.4 is 9.47 Å². The largest absolute Gasteiger partial charge is 0.497 e. The van der Waals surface area contributed by atoms with E-state index >= 15 is 0 Å². The molecule has 2 heterocycles. The molecule has 162 valence electrons. The van der Waals surface area contributed by atoms with Crippen molar-refractivity contribution >= 4 is 5.91 Å². The maximum absolute atomic E-state index is 13.6. The van der Waals surface area contributed by atoms with Crippen LogP contribution in [0.2, 0.25) is 0 Å². The summed E-state index contributed by atoms with van der Waals surface area (Å²) in [6.45, 7) is 1.50. The van der Waals surface area contributed by atoms with E-state index in [2.05, 4.69) is 20.4 Å². The number of ether oxygens (including phenoxy) is 2. The van der Waals surface area contributed by atoms with Gasteiger partial charge in [0.15, 0.2) is 0 Å². The molecular weight excluding hydrogens is 382 g/mol. The van der Waals surface area contributed by atoms with Crippen molar-refractivity contribution in [3.63, 3.8) is 0 Å². The van der Waals surface area contributed by atoms with E-state index in [4.69, 9.17) is 9.47 Å². The molecule has 1 aliphatic heterocycles. The second-order valence-electron chi connectivity index (χ2n) is 8.60. The third-order valence-corrected chi connectivity index (χ3v) is 6.70. The highest BCUT2D eigenvalue weighted by molar-refractivity contribution is 5.78. The Balaban J connectivity index is 1.54. The van der Waals surface area contributed by atoms with Crippen LogP contribution in [0.3, 0.4) is 0 Å². The van der Waals surface area contributed by atoms with Crippen LogP contribution in [0.15, 0.2) is 24.5 Å². The summed E-state index contributed by atoms with van der Waals surface area (Å²) in [6.07, 6.45) is 9.80. The van der Waals surface area contributed by atoms with Gasteiger partial charge in [-0.25, -0.2) is 4.68 Å². The maximum Gasteiger partial charge on any atom is 0.223 e. The molecule has 0 bridgehead atoms. The monoisotopic (exact) mass is 413 g/mol. The zero-order valence-electron chi connectivity index (χ0n) is 17.9. The lowest BCUT2D eigenvalue weighted by molar-refractivity contribution is -0.135. The number of aromatic nitrogens is 4. The number of nitrogens with zero attached hydrogens (tertiary/aromatic N) is 5. The van der Waals surface area contributed by atoms with Gasteiger partial charge in [-0.05, 0) is 53.7 Å². The highest BCUT2D eigenvalue weighted by atomic mass is 16.5. The molecule has 0 unspecified atom stereocenters. The SMILES string of the molecule is COc1ccc([C@H]2CCCN2C(=O)CC2(Cn3cnnn3)CCCCC2)c(OC)c1. The van der Waals surface area contributed by atoms with Crippen LogP contribution in [0.5, 0.6) is 11.5 Å². The van der Waals surface area contributed by atoms with E-state index in [0.29, 0.717) is 13.0 Å². The lowest BCUT2D eigenvalue weighted by Crippen LogP contribution is -2.39. The van der Waals surface area contributed by atoms with Crippen molar-refractivity contribution in [3.8, 4) is 11.5 Å². The predicted octanol–water partition coefficient (Wildman–Crippen LogP) is 3.39. The van der Waals surface area contributed by atoms with Gasteiger partial charge in [-0.1, -0.05) is 19.3 Å². The number of hydrogen-bond acceptors (Lipinski definition) is 6. The molecule has 1 aromatic carbocycles. The third kappa shape index (κ3) is 4.27. The second-order valence-corrected chi connectivity index (χ2v) is 8.60. The maximum atomic E-state index is 13.6. The van der Waals surface area contributed by atoms with Gasteiger partial charge in [-0.3, -0.25) is 4.79 Å². The van der Waals surface area contributed by atoms with Crippen molar-refractivity contribution in [3.05, 3.63) is 30.1 Å². The van der Waals surface area contributed by atoms with Gasteiger partial charge in [-0.2, -0.15) is 0 Å². The lowest BCUT2D eigenvalue weighted by atomic mass is 9.71. The molecule has 1 atom stereocenters. The molecule has 1 saturated carbocycles. The second kappa shape index (κ2) is 9.02. The molecule has 30 heavy (non-hydrogen) atoms. The molecule has 0 N–H and O–H groups in total. The lowest BCUT2D eigenvalue weighted by Gasteiger charge is -2.38. The van der Waals surface area contributed by atoms with Crippen LogP contribution in [0.1, 0.15) is 63.0 Å². The number of likely N-dealkylation sites (tertiary alicyclic amines) is 1. The van der Waals surface area contributed by atoms with E-state index < -0.39 is 0 Å². The fraction of sp³-hybridized carbons (Fsp3) is 0.636. The van der Waals surface area contributed by atoms with E-state index in [1.165, 1.54) is 6.42 Å². The summed E-state index contributed by atoms with van der Waals surface area (Å²) < 4.78 is 12.7. The zero-order valence-corrected chi connectivity index (χ0v) is 17.9. The van der Waals surface area contributed by atoms with Gasteiger partial charge in [0, 0.05) is 24.6 Å². The minimum absolute atomic E-state index is 0.0482. The van der Waals surface area contributed by atoms with Crippen molar-refractivity contribution in [1.29, 1.82) is 0 Å². The number of amides is 1. The number of carbonyl (C=O) groups is 1. The quantitative estimate of drug-likeness (QED) is 0.692. The summed E-state index contributed by atoms with van der Waals surface area (Å²) >= 11 is 0. The van der Waals surface area contributed by atoms with Gasteiger partial charge < -0.3 is 14.4 Å². The van der Waals surface area contributed by atoms with E-state index in [9.17, 15) is 4.79 Å². The number of hydrogen-bond donors (Lipinski definition) is 0. The summed E-state index contributed by atoms with van der Waals surface area (Å²) in [5.74, 6) is 1.76. The summed E-state index contributed by atoms with van der Waals surface area (Å²) in [4.78, 5) is 15.6. The number of methoxy groups -OCH3 is 2. The predicted molar refractivity (Wildman–Crippen MR) is 111 cm³/mol. The third-order valence-electron chi connectivity index (χ3n) is 6.70. The number of rotatable bonds is 7. The van der Waals surface area contributed by atoms with Crippen LogP contribution in [-0.2, 0) is 11.3 Å². The Kier molecular flexibility index (Phi) is 6.20. The van der Waals surface area contributed by atoms with Gasteiger partial charge in [0.2, 0.25) is 5.91 Å². The topological polar surface area (TPSA) is 82.4 Å². The van der Waals surface area contributed by atoms with Gasteiger partial charge in [0.1, 0.15) is 17.8 Å². The first-order valence-electron chi connectivity index (χ1n) is 10.9. The van der Waals surface area contributed by atoms with Crippen LogP contribution in [0.25, 0.3) is 0 Å². The van der Waals surface area contributed by atoms with E-state index in [0.717, 1.165) is 62.1 Å². The van der Waals surface area contributed by atoms with Crippen LogP contribution in [-0.4, -0.2) is 51.8 Å². The minimum atomic E-state index is -0.0676. The minimum Gasteiger partial charge on any atom is -0.497 e. The normalized spacial score (nSPS) is 20.9. The molecular formula is C22H31N5O3. The molecule has 1 amide bonds. The molecule has 8 nitrogen and oxygen atoms in total. The van der Waals surface area contributed by atoms with Crippen molar-refractivity contribution in [1.82, 2.24) is 25.1 Å². The Morgan fingerprint density at radius 1 is 1.17 bits per heavy atom. The average molecular weight is 414 g/mol. The number of benzene rings is 1. The molecule has 8 heteroatoms. The number of carbonyl (C=O) groups excluding carboxylic acids is 1. The fourth-order valence-electron chi connectivity index (χ4n) is 5.19. The first kappa shape index (κ1) is 20.6. The summed E-state index contributed by atoms with van der Waals surface area (Å²) in [7, 11) is 3.32. The molecule has 0 radical (unpaired) electrons. The molecule has 2 fully saturated rings. The fourth-order valence-corrected chi connectivity index (χ4v) is 5.19. The number of tetrazole rings is 1. The average Bonchev–Trinajstić information content (AvgIpc) is 3.45. The van der Waals surface area contributed by atoms with Crippen LogP contribution in [0.4, 0.5) is 0 Å². The van der Waals surface area contributed by atoms with Crippen molar-refractivity contribution in [2.45, 2.75) is 64.0 Å². The first-order chi connectivity index (χ1) is 14.6. The highest BCUT2D eigenvalue weighted by Crippen LogP contribution is 2.44. The Bertz CT molecular complexity index is 848. The Morgan fingerprint density at radius 3 is 2.70 bits per heavy atom. The van der Waals surface area contributed by atoms with Crippen LogP contribution >= 0.6 is 0 Å². The summed E-state index contributed by atoms with van der Waals surface area (Å²) in [5.41, 5.74) is 0.990. The van der Waals surface area contributed by atoms with E-state index in [-0.39, 0.29) is 17.4 Å². The van der Waals surface area contributed by atoms with Gasteiger partial charge in [0.25, 0.3) is 0 Å². The molecule has 1 aliphatic carbocycles. The summed E-state index contributed by atoms with van der Waals surface area (Å²) in [6, 6.07) is 5.92. The van der Waals surface area contributed by atoms with E-state index in [1.807, 2.05) is 18.2 Å². The standard InChI is InChI=1S/C22H31N5O3/c1-29-17-8-9-18(20(13-17)30-2)19-7-6-12-27(19)21(28)14-22(10-4-3-5-11-22)15-26-16-23-24-25-26/h8-9,13,16,19H,3-7,10-12,14-15H2,1-2H3/t19-/m1/s1. The van der Waals surface area contributed by atoms with Gasteiger partial charge in [0.05, 0.1) is 26.8 Å². The Labute approximate surface area is 177 Å². The molecule has 2 aromatic rings. The molecule has 2 aliphatic rings. The Morgan fingerprint density at radius 2 is 2.00 bits per heavy atom. The van der Waals surface area contributed by atoms with E-state index in [1.54, 1.807) is 25.2 Å². The molecule has 1 saturated heterocycles. The van der Waals surface area contributed by atoms with Crippen molar-refractivity contribution in [2.75, 3.05) is 20.8 Å². The highest BCUT2D eigenvalue weighted by Gasteiger charge is 2.39.